The number of hydrogen-bond donors (Lipinski definition) is 1. The number of ether oxygens (including phenoxy) is 2. The van der Waals surface area contributed by atoms with Gasteiger partial charge in [-0.3, -0.25) is 0 Å². The van der Waals surface area contributed by atoms with Gasteiger partial charge in [0.2, 0.25) is 5.95 Å². The third-order valence-corrected chi connectivity index (χ3v) is 6.11. The average molecular weight is 476 g/mol. The number of halogens is 3. The summed E-state index contributed by atoms with van der Waals surface area (Å²) < 4.78 is 50.3. The van der Waals surface area contributed by atoms with Gasteiger partial charge < -0.3 is 19.4 Å². The summed E-state index contributed by atoms with van der Waals surface area (Å²) in [5.41, 5.74) is 2.22. The molecule has 34 heavy (non-hydrogen) atoms. The Morgan fingerprint density at radius 3 is 2.35 bits per heavy atom. The molecule has 1 saturated carbocycles. The maximum Gasteiger partial charge on any atom is 0.573 e. The third-order valence-electron chi connectivity index (χ3n) is 6.11. The van der Waals surface area contributed by atoms with Gasteiger partial charge in [0.05, 0.1) is 17.1 Å². The van der Waals surface area contributed by atoms with E-state index in [2.05, 4.69) is 35.4 Å². The van der Waals surface area contributed by atoms with Crippen LogP contribution in [-0.2, 0) is 0 Å². The molecule has 1 heterocycles. The fourth-order valence-corrected chi connectivity index (χ4v) is 5.24. The van der Waals surface area contributed by atoms with Crippen molar-refractivity contribution in [2.45, 2.75) is 72.4 Å². The Balaban J connectivity index is 1.73. The van der Waals surface area contributed by atoms with E-state index in [0.717, 1.165) is 36.2 Å². The molecular formula is C26H32F3N3O2. The number of nitrogens with zero attached hydrogens (tertiary/aromatic N) is 2. The zero-order valence-electron chi connectivity index (χ0n) is 20.2. The predicted molar refractivity (Wildman–Crippen MR) is 128 cm³/mol. The third kappa shape index (κ3) is 5.77. The Kier molecular flexibility index (Phi) is 6.44. The molecule has 0 saturated heterocycles. The second kappa shape index (κ2) is 9.04. The first-order chi connectivity index (χ1) is 15.9. The molecule has 8 heteroatoms. The van der Waals surface area contributed by atoms with Gasteiger partial charge in [0.1, 0.15) is 11.5 Å². The summed E-state index contributed by atoms with van der Waals surface area (Å²) in [7, 11) is 0. The highest BCUT2D eigenvalue weighted by molar-refractivity contribution is 5.81. The summed E-state index contributed by atoms with van der Waals surface area (Å²) >= 11 is 0. The van der Waals surface area contributed by atoms with Crippen LogP contribution in [0.5, 0.6) is 11.5 Å². The molecule has 4 rings (SSSR count). The highest BCUT2D eigenvalue weighted by Crippen LogP contribution is 2.46. The van der Waals surface area contributed by atoms with Crippen molar-refractivity contribution in [2.75, 3.05) is 5.32 Å². The molecular weight excluding hydrogens is 443 g/mol. The van der Waals surface area contributed by atoms with E-state index in [1.807, 2.05) is 38.1 Å². The zero-order valence-corrected chi connectivity index (χ0v) is 20.2. The lowest BCUT2D eigenvalue weighted by atomic mass is 9.70. The van der Waals surface area contributed by atoms with Crippen molar-refractivity contribution in [3.05, 3.63) is 42.5 Å². The first kappa shape index (κ1) is 24.2. The highest BCUT2D eigenvalue weighted by atomic mass is 19.4. The zero-order chi connectivity index (χ0) is 24.7. The quantitative estimate of drug-likeness (QED) is 0.394. The van der Waals surface area contributed by atoms with Gasteiger partial charge in [0.25, 0.3) is 0 Å². The summed E-state index contributed by atoms with van der Waals surface area (Å²) in [5.74, 6) is 1.63. The maximum atomic E-state index is 12.8. The van der Waals surface area contributed by atoms with E-state index in [1.165, 1.54) is 12.1 Å². The number of fused-ring (bicyclic) bond motifs is 1. The molecule has 3 aromatic rings. The monoisotopic (exact) mass is 475 g/mol. The SMILES string of the molecule is CC(C)Oc1ccc(Nc2nc3cc(OC(F)(F)F)ccc3n2[C@H]2C[C@@H](C)CC(C)(C)C2)cc1. The average Bonchev–Trinajstić information content (AvgIpc) is 3.03. The number of imidazole rings is 1. The smallest absolute Gasteiger partial charge is 0.491 e. The van der Waals surface area contributed by atoms with Crippen LogP contribution < -0.4 is 14.8 Å². The van der Waals surface area contributed by atoms with Crippen LogP contribution >= 0.6 is 0 Å². The Labute approximate surface area is 198 Å². The minimum atomic E-state index is -4.75. The Morgan fingerprint density at radius 1 is 1.06 bits per heavy atom. The van der Waals surface area contributed by atoms with Crippen LogP contribution in [0.25, 0.3) is 11.0 Å². The van der Waals surface area contributed by atoms with Crippen molar-refractivity contribution in [2.24, 2.45) is 11.3 Å². The summed E-state index contributed by atoms with van der Waals surface area (Å²) in [4.78, 5) is 4.69. The molecule has 1 fully saturated rings. The summed E-state index contributed by atoms with van der Waals surface area (Å²) in [6, 6.07) is 12.1. The Bertz CT molecular complexity index is 1140. The molecule has 1 aromatic heterocycles. The molecule has 0 radical (unpaired) electrons. The Morgan fingerprint density at radius 2 is 1.74 bits per heavy atom. The van der Waals surface area contributed by atoms with E-state index < -0.39 is 6.36 Å². The van der Waals surface area contributed by atoms with Gasteiger partial charge in [0.15, 0.2) is 0 Å². The van der Waals surface area contributed by atoms with Gasteiger partial charge >= 0.3 is 6.36 Å². The molecule has 0 aliphatic heterocycles. The molecule has 5 nitrogen and oxygen atoms in total. The van der Waals surface area contributed by atoms with E-state index in [1.54, 1.807) is 6.07 Å². The van der Waals surface area contributed by atoms with Crippen LogP contribution in [0.15, 0.2) is 42.5 Å². The minimum absolute atomic E-state index is 0.0766. The number of rotatable bonds is 6. The molecule has 2 aromatic carbocycles. The van der Waals surface area contributed by atoms with Crippen LogP contribution in [0, 0.1) is 11.3 Å². The van der Waals surface area contributed by atoms with Crippen molar-refractivity contribution >= 4 is 22.7 Å². The van der Waals surface area contributed by atoms with E-state index in [4.69, 9.17) is 9.72 Å². The largest absolute Gasteiger partial charge is 0.573 e. The molecule has 0 amide bonds. The van der Waals surface area contributed by atoms with Crippen LogP contribution in [-0.4, -0.2) is 22.0 Å². The summed E-state index contributed by atoms with van der Waals surface area (Å²) in [5, 5.41) is 3.38. The van der Waals surface area contributed by atoms with Crippen LogP contribution in [0.4, 0.5) is 24.8 Å². The minimum Gasteiger partial charge on any atom is -0.491 e. The second-order valence-corrected chi connectivity index (χ2v) is 10.4. The number of hydrogen-bond acceptors (Lipinski definition) is 4. The molecule has 0 unspecified atom stereocenters. The first-order valence-electron chi connectivity index (χ1n) is 11.7. The standard InChI is InChI=1S/C26H32F3N3O2/c1-16(2)33-20-8-6-18(7-9-20)30-24-31-22-13-21(34-26(27,28)29)10-11-23(22)32(24)19-12-17(3)14-25(4,5)15-19/h6-11,13,16-17,19H,12,14-15H2,1-5H3,(H,30,31)/t17-,19+/m1/s1. The summed E-state index contributed by atoms with van der Waals surface area (Å²) in [6.45, 7) is 10.7. The molecule has 184 valence electrons. The van der Waals surface area contributed by atoms with Gasteiger partial charge in [-0.15, -0.1) is 13.2 Å². The molecule has 1 aliphatic rings. The lowest BCUT2D eigenvalue weighted by molar-refractivity contribution is -0.274. The Hall–Kier alpha value is -2.90. The maximum absolute atomic E-state index is 12.8. The van der Waals surface area contributed by atoms with Crippen LogP contribution in [0.2, 0.25) is 0 Å². The fourth-order valence-electron chi connectivity index (χ4n) is 5.24. The number of alkyl halides is 3. The van der Waals surface area contributed by atoms with Gasteiger partial charge in [0, 0.05) is 17.8 Å². The molecule has 0 spiro atoms. The molecule has 0 bridgehead atoms. The molecule has 1 N–H and O–H groups in total. The lowest BCUT2D eigenvalue weighted by Gasteiger charge is -2.40. The van der Waals surface area contributed by atoms with E-state index in [9.17, 15) is 13.2 Å². The second-order valence-electron chi connectivity index (χ2n) is 10.4. The van der Waals surface area contributed by atoms with Crippen molar-refractivity contribution in [3.8, 4) is 11.5 Å². The van der Waals surface area contributed by atoms with Crippen molar-refractivity contribution in [1.82, 2.24) is 9.55 Å². The fraction of sp³-hybridized carbons (Fsp3) is 0.500. The van der Waals surface area contributed by atoms with Crippen molar-refractivity contribution < 1.29 is 22.6 Å². The van der Waals surface area contributed by atoms with Crippen molar-refractivity contribution in [1.29, 1.82) is 0 Å². The van der Waals surface area contributed by atoms with Gasteiger partial charge in [-0.25, -0.2) is 4.98 Å². The normalized spacial score (nSPS) is 20.5. The molecule has 2 atom stereocenters. The van der Waals surface area contributed by atoms with Crippen LogP contribution in [0.3, 0.4) is 0 Å². The van der Waals surface area contributed by atoms with E-state index in [-0.39, 0.29) is 23.3 Å². The number of nitrogens with one attached hydrogen (secondary N) is 1. The van der Waals surface area contributed by atoms with E-state index in [0.29, 0.717) is 17.4 Å². The van der Waals surface area contributed by atoms with Crippen LogP contribution in [0.1, 0.15) is 59.9 Å². The molecule has 1 aliphatic carbocycles. The highest BCUT2D eigenvalue weighted by Gasteiger charge is 2.35. The summed E-state index contributed by atoms with van der Waals surface area (Å²) in [6.07, 6.45) is -1.60. The lowest BCUT2D eigenvalue weighted by Crippen LogP contribution is -2.29. The van der Waals surface area contributed by atoms with E-state index >= 15 is 0 Å². The first-order valence-corrected chi connectivity index (χ1v) is 11.7. The predicted octanol–water partition coefficient (Wildman–Crippen LogP) is 7.85. The number of aromatic nitrogens is 2. The topological polar surface area (TPSA) is 48.3 Å². The van der Waals surface area contributed by atoms with Gasteiger partial charge in [-0.05, 0) is 80.8 Å². The number of benzene rings is 2. The number of anilines is 2. The van der Waals surface area contributed by atoms with Gasteiger partial charge in [-0.1, -0.05) is 20.8 Å². The van der Waals surface area contributed by atoms with Gasteiger partial charge in [-0.2, -0.15) is 0 Å². The van der Waals surface area contributed by atoms with Crippen molar-refractivity contribution in [3.63, 3.8) is 0 Å².